The maximum absolute atomic E-state index is 11.6. The van der Waals surface area contributed by atoms with Crippen LogP contribution in [0, 0.1) is 0 Å². The predicted molar refractivity (Wildman–Crippen MR) is 116 cm³/mol. The zero-order valence-corrected chi connectivity index (χ0v) is 18.4. The van der Waals surface area contributed by atoms with Gasteiger partial charge >= 0.3 is 6.09 Å². The number of carbonyl (C=O) groups is 1. The zero-order chi connectivity index (χ0) is 18.3. The van der Waals surface area contributed by atoms with Gasteiger partial charge < -0.3 is 20.7 Å². The molecule has 1 aliphatic rings. The normalized spacial score (nSPS) is 19.2. The van der Waals surface area contributed by atoms with E-state index in [0.29, 0.717) is 25.0 Å². The fourth-order valence-electron chi connectivity index (χ4n) is 2.56. The van der Waals surface area contributed by atoms with Crippen LogP contribution in [0.5, 0.6) is 0 Å². The number of nitrogens with zero attached hydrogens (tertiary/aromatic N) is 1. The molecular formula is C19H31IN4O2. The number of hydrogen-bond acceptors (Lipinski definition) is 3. The van der Waals surface area contributed by atoms with Crippen LogP contribution in [0.1, 0.15) is 45.6 Å². The molecule has 7 heteroatoms. The highest BCUT2D eigenvalue weighted by atomic mass is 127. The standard InChI is InChI=1S/C19H30N4O2.HI/c1-5-20-17(21-11-12-22-18(24)25-19(2,3)4)23-16-13-15(16)14-9-7-6-8-10-14;/h6-10,15-16H,5,11-13H2,1-4H3,(H,22,24)(H2,20,21,23);1H. The minimum absolute atomic E-state index is 0. The molecule has 0 aliphatic heterocycles. The van der Waals surface area contributed by atoms with E-state index in [1.165, 1.54) is 5.56 Å². The van der Waals surface area contributed by atoms with E-state index in [1.54, 1.807) is 0 Å². The third-order valence-corrected chi connectivity index (χ3v) is 3.73. The molecule has 6 nitrogen and oxygen atoms in total. The van der Waals surface area contributed by atoms with Crippen molar-refractivity contribution < 1.29 is 9.53 Å². The Balaban J connectivity index is 0.00000338. The molecule has 1 aromatic rings. The lowest BCUT2D eigenvalue weighted by Gasteiger charge is -2.19. The Bertz CT molecular complexity index is 587. The van der Waals surface area contributed by atoms with Crippen molar-refractivity contribution in [2.75, 3.05) is 19.6 Å². The van der Waals surface area contributed by atoms with Gasteiger partial charge in [0.1, 0.15) is 5.60 Å². The first-order chi connectivity index (χ1) is 11.9. The maximum atomic E-state index is 11.6. The summed E-state index contributed by atoms with van der Waals surface area (Å²) in [5.41, 5.74) is 0.879. The number of benzene rings is 1. The second kappa shape index (κ2) is 10.6. The van der Waals surface area contributed by atoms with Gasteiger partial charge in [-0.3, -0.25) is 4.99 Å². The van der Waals surface area contributed by atoms with Crippen molar-refractivity contribution in [2.45, 2.75) is 51.7 Å². The van der Waals surface area contributed by atoms with Gasteiger partial charge in [0.05, 0.1) is 6.54 Å². The highest BCUT2D eigenvalue weighted by molar-refractivity contribution is 14.0. The van der Waals surface area contributed by atoms with Gasteiger partial charge in [0.2, 0.25) is 0 Å². The number of guanidine groups is 1. The molecule has 0 bridgehead atoms. The van der Waals surface area contributed by atoms with Gasteiger partial charge in [0.15, 0.2) is 5.96 Å². The molecule has 1 fully saturated rings. The van der Waals surface area contributed by atoms with E-state index in [4.69, 9.17) is 4.74 Å². The topological polar surface area (TPSA) is 74.8 Å². The number of amides is 1. The molecule has 146 valence electrons. The van der Waals surface area contributed by atoms with E-state index in [2.05, 4.69) is 45.2 Å². The third-order valence-electron chi connectivity index (χ3n) is 3.73. The molecule has 26 heavy (non-hydrogen) atoms. The second-order valence-corrected chi connectivity index (χ2v) is 7.19. The van der Waals surface area contributed by atoms with Gasteiger partial charge in [-0.25, -0.2) is 4.79 Å². The van der Waals surface area contributed by atoms with Crippen LogP contribution in [0.25, 0.3) is 0 Å². The van der Waals surface area contributed by atoms with Crippen molar-refractivity contribution in [3.63, 3.8) is 0 Å². The average Bonchev–Trinajstić information content (AvgIpc) is 3.30. The Labute approximate surface area is 173 Å². The zero-order valence-electron chi connectivity index (χ0n) is 16.0. The Morgan fingerprint density at radius 3 is 2.54 bits per heavy atom. The van der Waals surface area contributed by atoms with Crippen molar-refractivity contribution in [3.8, 4) is 0 Å². The Kier molecular flexibility index (Phi) is 9.18. The monoisotopic (exact) mass is 474 g/mol. The number of alkyl carbamates (subject to hydrolysis) is 1. The summed E-state index contributed by atoms with van der Waals surface area (Å²) in [6.45, 7) is 9.31. The summed E-state index contributed by atoms with van der Waals surface area (Å²) in [7, 11) is 0. The minimum atomic E-state index is -0.484. The highest BCUT2D eigenvalue weighted by Gasteiger charge is 2.38. The fourth-order valence-corrected chi connectivity index (χ4v) is 2.56. The number of aliphatic imine (C=N–C) groups is 1. The highest BCUT2D eigenvalue weighted by Crippen LogP contribution is 2.40. The Morgan fingerprint density at radius 1 is 1.23 bits per heavy atom. The van der Waals surface area contributed by atoms with Crippen LogP contribution in [-0.2, 0) is 4.74 Å². The van der Waals surface area contributed by atoms with Crippen LogP contribution < -0.4 is 16.0 Å². The van der Waals surface area contributed by atoms with Crippen LogP contribution in [-0.4, -0.2) is 43.3 Å². The van der Waals surface area contributed by atoms with Gasteiger partial charge in [-0.15, -0.1) is 24.0 Å². The van der Waals surface area contributed by atoms with E-state index in [-0.39, 0.29) is 24.0 Å². The van der Waals surface area contributed by atoms with E-state index < -0.39 is 11.7 Å². The summed E-state index contributed by atoms with van der Waals surface area (Å²) in [6, 6.07) is 10.9. The molecule has 0 aromatic heterocycles. The minimum Gasteiger partial charge on any atom is -0.444 e. The Morgan fingerprint density at radius 2 is 1.92 bits per heavy atom. The third kappa shape index (κ3) is 8.25. The summed E-state index contributed by atoms with van der Waals surface area (Å²) < 4.78 is 5.20. The molecule has 0 spiro atoms. The van der Waals surface area contributed by atoms with Crippen molar-refractivity contribution >= 4 is 36.0 Å². The Hall–Kier alpha value is -1.51. The molecule has 0 saturated heterocycles. The molecule has 1 aliphatic carbocycles. The summed E-state index contributed by atoms with van der Waals surface area (Å²) >= 11 is 0. The van der Waals surface area contributed by atoms with Crippen molar-refractivity contribution in [1.29, 1.82) is 0 Å². The summed E-state index contributed by atoms with van der Waals surface area (Å²) in [5.74, 6) is 1.34. The lowest BCUT2D eigenvalue weighted by molar-refractivity contribution is 0.0529. The summed E-state index contributed by atoms with van der Waals surface area (Å²) in [4.78, 5) is 16.1. The van der Waals surface area contributed by atoms with E-state index >= 15 is 0 Å². The van der Waals surface area contributed by atoms with Crippen LogP contribution in [0.2, 0.25) is 0 Å². The first kappa shape index (κ1) is 22.5. The average molecular weight is 474 g/mol. The number of halogens is 1. The molecular weight excluding hydrogens is 443 g/mol. The van der Waals surface area contributed by atoms with Gasteiger partial charge in [0.25, 0.3) is 0 Å². The molecule has 3 N–H and O–H groups in total. The van der Waals surface area contributed by atoms with Gasteiger partial charge in [0, 0.05) is 25.0 Å². The number of hydrogen-bond donors (Lipinski definition) is 3. The number of carbonyl (C=O) groups excluding carboxylic acids is 1. The van der Waals surface area contributed by atoms with E-state index in [9.17, 15) is 4.79 Å². The van der Waals surface area contributed by atoms with Crippen LogP contribution in [0.3, 0.4) is 0 Å². The van der Waals surface area contributed by atoms with Gasteiger partial charge in [-0.05, 0) is 39.7 Å². The van der Waals surface area contributed by atoms with E-state index in [0.717, 1.165) is 18.9 Å². The number of nitrogens with one attached hydrogen (secondary N) is 3. The summed E-state index contributed by atoms with van der Waals surface area (Å²) in [6.07, 6.45) is 0.705. The molecule has 2 unspecified atom stereocenters. The van der Waals surface area contributed by atoms with Crippen LogP contribution in [0.15, 0.2) is 35.3 Å². The molecule has 0 radical (unpaired) electrons. The quantitative estimate of drug-likeness (QED) is 0.256. The largest absolute Gasteiger partial charge is 0.444 e. The van der Waals surface area contributed by atoms with Crippen LogP contribution in [0.4, 0.5) is 4.79 Å². The molecule has 2 rings (SSSR count). The van der Waals surface area contributed by atoms with Crippen molar-refractivity contribution in [3.05, 3.63) is 35.9 Å². The SMILES string of the molecule is CCNC(=NCCNC(=O)OC(C)(C)C)NC1CC1c1ccccc1.I. The van der Waals surface area contributed by atoms with Crippen molar-refractivity contribution in [1.82, 2.24) is 16.0 Å². The molecule has 1 amide bonds. The first-order valence-corrected chi connectivity index (χ1v) is 8.95. The smallest absolute Gasteiger partial charge is 0.407 e. The molecule has 1 aromatic carbocycles. The molecule has 2 atom stereocenters. The van der Waals surface area contributed by atoms with Crippen LogP contribution >= 0.6 is 24.0 Å². The maximum Gasteiger partial charge on any atom is 0.407 e. The number of ether oxygens (including phenoxy) is 1. The fraction of sp³-hybridized carbons (Fsp3) is 0.579. The number of rotatable bonds is 6. The van der Waals surface area contributed by atoms with Gasteiger partial charge in [-0.1, -0.05) is 30.3 Å². The summed E-state index contributed by atoms with van der Waals surface area (Å²) in [5, 5.41) is 9.43. The lowest BCUT2D eigenvalue weighted by atomic mass is 10.1. The second-order valence-electron chi connectivity index (χ2n) is 7.19. The first-order valence-electron chi connectivity index (χ1n) is 8.95. The lowest BCUT2D eigenvalue weighted by Crippen LogP contribution is -2.40. The molecule has 1 saturated carbocycles. The van der Waals surface area contributed by atoms with Gasteiger partial charge in [-0.2, -0.15) is 0 Å². The predicted octanol–water partition coefficient (Wildman–Crippen LogP) is 3.24. The van der Waals surface area contributed by atoms with Crippen molar-refractivity contribution in [2.24, 2.45) is 4.99 Å². The molecule has 0 heterocycles. The van der Waals surface area contributed by atoms with E-state index in [1.807, 2.05) is 33.8 Å².